The monoisotopic (exact) mass is 433 g/mol. The largest absolute Gasteiger partial charge is 0.327 e. The van der Waals surface area contributed by atoms with Crippen LogP contribution in [0.25, 0.3) is 0 Å². The van der Waals surface area contributed by atoms with Crippen LogP contribution in [0.5, 0.6) is 0 Å². The highest BCUT2D eigenvalue weighted by Crippen LogP contribution is 2.30. The van der Waals surface area contributed by atoms with Crippen LogP contribution in [0.1, 0.15) is 54.7 Å². The molecule has 0 aliphatic rings. The molecule has 0 bridgehead atoms. The van der Waals surface area contributed by atoms with Gasteiger partial charge in [-0.15, -0.1) is 0 Å². The molecule has 1 N–H and O–H groups in total. The van der Waals surface area contributed by atoms with E-state index in [1.807, 2.05) is 32.9 Å². The first kappa shape index (κ1) is 23.1. The smallest absolute Gasteiger partial charge is 0.254 e. The van der Waals surface area contributed by atoms with Gasteiger partial charge in [-0.05, 0) is 60.0 Å². The maximum Gasteiger partial charge on any atom is 0.254 e. The van der Waals surface area contributed by atoms with Gasteiger partial charge in [0.15, 0.2) is 0 Å². The number of hydrogen-bond acceptors (Lipinski definition) is 3. The van der Waals surface area contributed by atoms with Gasteiger partial charge >= 0.3 is 0 Å². The minimum atomic E-state index is -0.405. The Morgan fingerprint density at radius 2 is 1.69 bits per heavy atom. The molecule has 0 fully saturated rings. The molecule has 0 aliphatic carbocycles. The molecule has 6 heteroatoms. The highest BCUT2D eigenvalue weighted by Gasteiger charge is 2.27. The molecule has 1 unspecified atom stereocenters. The van der Waals surface area contributed by atoms with Crippen LogP contribution in [-0.2, 0) is 4.79 Å². The van der Waals surface area contributed by atoms with Crippen molar-refractivity contribution in [2.45, 2.75) is 33.2 Å². The Labute approximate surface area is 188 Å². The number of rotatable bonds is 8. The molecule has 1 heterocycles. The zero-order valence-corrected chi connectivity index (χ0v) is 18.6. The van der Waals surface area contributed by atoms with Gasteiger partial charge in [0.05, 0.1) is 6.04 Å². The Hall–Kier alpha value is -3.54. The zero-order chi connectivity index (χ0) is 23.1. The van der Waals surface area contributed by atoms with Gasteiger partial charge in [0.1, 0.15) is 5.82 Å². The number of pyridine rings is 1. The number of nitrogens with one attached hydrogen (secondary N) is 1. The van der Waals surface area contributed by atoms with Crippen molar-refractivity contribution in [3.8, 4) is 0 Å². The van der Waals surface area contributed by atoms with E-state index in [-0.39, 0.29) is 23.5 Å². The molecule has 5 nitrogen and oxygen atoms in total. The molecular weight excluding hydrogens is 405 g/mol. The van der Waals surface area contributed by atoms with Crippen molar-refractivity contribution in [2.75, 3.05) is 11.9 Å². The van der Waals surface area contributed by atoms with E-state index in [2.05, 4.69) is 10.3 Å². The van der Waals surface area contributed by atoms with Crippen LogP contribution in [0, 0.1) is 11.7 Å². The summed E-state index contributed by atoms with van der Waals surface area (Å²) < 4.78 is 13.6. The van der Waals surface area contributed by atoms with Gasteiger partial charge in [-0.3, -0.25) is 14.6 Å². The van der Waals surface area contributed by atoms with Crippen LogP contribution in [0.2, 0.25) is 0 Å². The Balaban J connectivity index is 1.95. The van der Waals surface area contributed by atoms with Gasteiger partial charge in [-0.2, -0.15) is 0 Å². The predicted molar refractivity (Wildman–Crippen MR) is 124 cm³/mol. The van der Waals surface area contributed by atoms with E-state index in [0.29, 0.717) is 17.8 Å². The summed E-state index contributed by atoms with van der Waals surface area (Å²) in [6.07, 6.45) is 4.17. The quantitative estimate of drug-likeness (QED) is 0.513. The molecule has 3 rings (SSSR count). The van der Waals surface area contributed by atoms with Gasteiger partial charge in [-0.25, -0.2) is 4.39 Å². The molecule has 0 aliphatic heterocycles. The highest BCUT2D eigenvalue weighted by molar-refractivity contribution is 5.96. The van der Waals surface area contributed by atoms with Gasteiger partial charge in [-0.1, -0.05) is 39.0 Å². The van der Waals surface area contributed by atoms with Gasteiger partial charge in [0.2, 0.25) is 5.91 Å². The van der Waals surface area contributed by atoms with E-state index in [1.165, 1.54) is 12.1 Å². The number of anilines is 1. The molecule has 2 amide bonds. The van der Waals surface area contributed by atoms with E-state index in [9.17, 15) is 14.0 Å². The van der Waals surface area contributed by atoms with Crippen molar-refractivity contribution in [1.82, 2.24) is 9.88 Å². The standard InChI is InChI=1S/C26H28FN3O2/c1-4-16-30(26(32)20-9-13-23(14-10-20)29-25(31)18(2)3)24(21-6-5-15-28-17-21)19-7-11-22(27)12-8-19/h5-15,17-18,24H,4,16H2,1-3H3,(H,29,31). The predicted octanol–water partition coefficient (Wildman–Crippen LogP) is 5.46. The second-order valence-electron chi connectivity index (χ2n) is 7.96. The fraction of sp³-hybridized carbons (Fsp3) is 0.269. The third kappa shape index (κ3) is 5.58. The van der Waals surface area contributed by atoms with E-state index < -0.39 is 6.04 Å². The Bertz CT molecular complexity index is 1030. The van der Waals surface area contributed by atoms with Crippen molar-refractivity contribution in [3.63, 3.8) is 0 Å². The van der Waals surface area contributed by atoms with Crippen LogP contribution >= 0.6 is 0 Å². The second kappa shape index (κ2) is 10.7. The molecular formula is C26H28FN3O2. The number of carbonyl (C=O) groups is 2. The van der Waals surface area contributed by atoms with Crippen molar-refractivity contribution in [1.29, 1.82) is 0 Å². The van der Waals surface area contributed by atoms with E-state index in [1.54, 1.807) is 53.7 Å². The van der Waals surface area contributed by atoms with Crippen molar-refractivity contribution < 1.29 is 14.0 Å². The molecule has 166 valence electrons. The first-order chi connectivity index (χ1) is 15.4. The molecule has 0 saturated carbocycles. The van der Waals surface area contributed by atoms with E-state index >= 15 is 0 Å². The third-order valence-corrected chi connectivity index (χ3v) is 5.15. The number of aromatic nitrogens is 1. The molecule has 3 aromatic rings. The highest BCUT2D eigenvalue weighted by atomic mass is 19.1. The topological polar surface area (TPSA) is 62.3 Å². The summed E-state index contributed by atoms with van der Waals surface area (Å²) in [6, 6.07) is 16.4. The number of amides is 2. The summed E-state index contributed by atoms with van der Waals surface area (Å²) in [6.45, 7) is 6.17. The molecule has 32 heavy (non-hydrogen) atoms. The average molecular weight is 434 g/mol. The first-order valence-corrected chi connectivity index (χ1v) is 10.8. The molecule has 0 spiro atoms. The number of benzene rings is 2. The lowest BCUT2D eigenvalue weighted by Crippen LogP contribution is -2.36. The van der Waals surface area contributed by atoms with Crippen LogP contribution in [0.4, 0.5) is 10.1 Å². The second-order valence-corrected chi connectivity index (χ2v) is 7.96. The van der Waals surface area contributed by atoms with E-state index in [0.717, 1.165) is 17.5 Å². The molecule has 1 atom stereocenters. The minimum Gasteiger partial charge on any atom is -0.327 e. The summed E-state index contributed by atoms with van der Waals surface area (Å²) in [5.74, 6) is -0.685. The average Bonchev–Trinajstić information content (AvgIpc) is 2.80. The Morgan fingerprint density at radius 1 is 1.00 bits per heavy atom. The summed E-state index contributed by atoms with van der Waals surface area (Å²) >= 11 is 0. The van der Waals surface area contributed by atoms with Crippen LogP contribution in [0.15, 0.2) is 73.1 Å². The third-order valence-electron chi connectivity index (χ3n) is 5.15. The van der Waals surface area contributed by atoms with Gasteiger partial charge < -0.3 is 10.2 Å². The molecule has 2 aromatic carbocycles. The van der Waals surface area contributed by atoms with Crippen LogP contribution < -0.4 is 5.32 Å². The number of nitrogens with zero attached hydrogens (tertiary/aromatic N) is 2. The lowest BCUT2D eigenvalue weighted by Gasteiger charge is -2.32. The summed E-state index contributed by atoms with van der Waals surface area (Å²) in [4.78, 5) is 31.5. The lowest BCUT2D eigenvalue weighted by atomic mass is 9.97. The first-order valence-electron chi connectivity index (χ1n) is 10.8. The molecule has 0 radical (unpaired) electrons. The number of halogens is 1. The van der Waals surface area contributed by atoms with Crippen molar-refractivity contribution in [2.24, 2.45) is 5.92 Å². The minimum absolute atomic E-state index is 0.0790. The number of hydrogen-bond donors (Lipinski definition) is 1. The summed E-state index contributed by atoms with van der Waals surface area (Å²) in [7, 11) is 0. The van der Waals surface area contributed by atoms with Gasteiger partial charge in [0, 0.05) is 36.1 Å². The maximum atomic E-state index is 13.6. The maximum absolute atomic E-state index is 13.6. The molecule has 0 saturated heterocycles. The van der Waals surface area contributed by atoms with E-state index in [4.69, 9.17) is 0 Å². The fourth-order valence-electron chi connectivity index (χ4n) is 3.47. The zero-order valence-electron chi connectivity index (χ0n) is 18.6. The SMILES string of the molecule is CCCN(C(=O)c1ccc(NC(=O)C(C)C)cc1)C(c1ccc(F)cc1)c1cccnc1. The molecule has 1 aromatic heterocycles. The van der Waals surface area contributed by atoms with Crippen molar-refractivity contribution in [3.05, 3.63) is 95.6 Å². The lowest BCUT2D eigenvalue weighted by molar-refractivity contribution is -0.118. The summed E-state index contributed by atoms with van der Waals surface area (Å²) in [5.41, 5.74) is 2.81. The van der Waals surface area contributed by atoms with Gasteiger partial charge in [0.25, 0.3) is 5.91 Å². The Morgan fingerprint density at radius 3 is 2.25 bits per heavy atom. The van der Waals surface area contributed by atoms with Crippen LogP contribution in [0.3, 0.4) is 0 Å². The fourth-order valence-corrected chi connectivity index (χ4v) is 3.47. The summed E-state index contributed by atoms with van der Waals surface area (Å²) in [5, 5.41) is 2.83. The van der Waals surface area contributed by atoms with Crippen LogP contribution in [-0.4, -0.2) is 28.2 Å². The normalized spacial score (nSPS) is 11.8. The number of carbonyl (C=O) groups excluding carboxylic acids is 2. The van der Waals surface area contributed by atoms with Crippen molar-refractivity contribution >= 4 is 17.5 Å². The Kier molecular flexibility index (Phi) is 7.71.